The summed E-state index contributed by atoms with van der Waals surface area (Å²) in [6, 6.07) is 12.5. The molecule has 0 saturated heterocycles. The molecule has 1 aromatic heterocycles. The lowest BCUT2D eigenvalue weighted by Crippen LogP contribution is -2.26. The van der Waals surface area contributed by atoms with Gasteiger partial charge in [0.15, 0.2) is 0 Å². The average Bonchev–Trinajstić information content (AvgIpc) is 2.82. The van der Waals surface area contributed by atoms with E-state index in [1.165, 1.54) is 0 Å². The first-order valence-electron chi connectivity index (χ1n) is 10.5. The van der Waals surface area contributed by atoms with E-state index in [-0.39, 0.29) is 11.8 Å². The van der Waals surface area contributed by atoms with Gasteiger partial charge in [0.25, 0.3) is 11.8 Å². The van der Waals surface area contributed by atoms with Crippen molar-refractivity contribution in [3.63, 3.8) is 0 Å². The highest BCUT2D eigenvalue weighted by atomic mass is 35.5. The van der Waals surface area contributed by atoms with E-state index in [0.29, 0.717) is 47.0 Å². The van der Waals surface area contributed by atoms with Crippen LogP contribution in [0.15, 0.2) is 60.4 Å². The summed E-state index contributed by atoms with van der Waals surface area (Å²) >= 11 is 6.05. The number of nitrogens with zero attached hydrogens (tertiary/aromatic N) is 1. The van der Waals surface area contributed by atoms with Crippen molar-refractivity contribution in [1.82, 2.24) is 10.3 Å². The number of rotatable bonds is 6. The standard InChI is InChI=1S/C25H24ClN5O2/c1-15-5-6-17(24(32)29-10-7-16-3-2-4-20(26)23(16)27)12-22(15)31-25(33)19-11-18-13-28-9-8-21(18)30-14-19/h2-6,8-9,11-13,30H,7,10,14,27H2,1H3,(H,29,32)(H,31,33). The molecule has 4 rings (SSSR count). The van der Waals surface area contributed by atoms with Gasteiger partial charge in [0.2, 0.25) is 0 Å². The van der Waals surface area contributed by atoms with Crippen LogP contribution in [0.5, 0.6) is 0 Å². The van der Waals surface area contributed by atoms with Crippen LogP contribution in [-0.4, -0.2) is 29.9 Å². The van der Waals surface area contributed by atoms with Gasteiger partial charge in [0.05, 0.1) is 10.7 Å². The number of benzene rings is 2. The number of nitrogen functional groups attached to an aromatic ring is 1. The zero-order chi connectivity index (χ0) is 23.4. The number of pyridine rings is 1. The number of halogens is 1. The summed E-state index contributed by atoms with van der Waals surface area (Å²) in [5, 5.41) is 9.53. The Morgan fingerprint density at radius 1 is 1.18 bits per heavy atom. The predicted octanol–water partition coefficient (Wildman–Crippen LogP) is 4.05. The van der Waals surface area contributed by atoms with Crippen molar-refractivity contribution in [1.29, 1.82) is 0 Å². The van der Waals surface area contributed by atoms with Gasteiger partial charge in [-0.05, 0) is 54.8 Å². The van der Waals surface area contributed by atoms with Crippen LogP contribution in [0, 0.1) is 6.92 Å². The maximum atomic E-state index is 12.8. The minimum absolute atomic E-state index is 0.228. The van der Waals surface area contributed by atoms with Crippen molar-refractivity contribution in [2.45, 2.75) is 13.3 Å². The van der Waals surface area contributed by atoms with Gasteiger partial charge in [0, 0.05) is 53.6 Å². The maximum Gasteiger partial charge on any atom is 0.253 e. The number of carbonyl (C=O) groups is 2. The number of amides is 2. The zero-order valence-corrected chi connectivity index (χ0v) is 18.9. The second kappa shape index (κ2) is 9.75. The average molecular weight is 462 g/mol. The molecule has 7 nitrogen and oxygen atoms in total. The lowest BCUT2D eigenvalue weighted by molar-refractivity contribution is -0.112. The van der Waals surface area contributed by atoms with E-state index >= 15 is 0 Å². The van der Waals surface area contributed by atoms with Crippen molar-refractivity contribution in [3.05, 3.63) is 87.7 Å². The van der Waals surface area contributed by atoms with Crippen LogP contribution in [0.2, 0.25) is 5.02 Å². The van der Waals surface area contributed by atoms with Crippen LogP contribution < -0.4 is 21.7 Å². The van der Waals surface area contributed by atoms with Crippen molar-refractivity contribution in [2.75, 3.05) is 29.5 Å². The summed E-state index contributed by atoms with van der Waals surface area (Å²) in [6.45, 7) is 2.70. The lowest BCUT2D eigenvalue weighted by Gasteiger charge is -2.18. The number of aryl methyl sites for hydroxylation is 1. The molecule has 2 aromatic carbocycles. The number of para-hydroxylation sites is 1. The fourth-order valence-corrected chi connectivity index (χ4v) is 3.76. The van der Waals surface area contributed by atoms with Gasteiger partial charge in [-0.2, -0.15) is 0 Å². The number of nitrogens with one attached hydrogen (secondary N) is 3. The van der Waals surface area contributed by atoms with Gasteiger partial charge in [-0.15, -0.1) is 0 Å². The number of nitrogens with two attached hydrogens (primary N) is 1. The number of anilines is 3. The number of hydrogen-bond donors (Lipinski definition) is 4. The molecule has 33 heavy (non-hydrogen) atoms. The molecule has 0 radical (unpaired) electrons. The molecule has 0 saturated carbocycles. The fraction of sp³-hybridized carbons (Fsp3) is 0.160. The van der Waals surface area contributed by atoms with E-state index in [0.717, 1.165) is 22.4 Å². The van der Waals surface area contributed by atoms with Crippen LogP contribution in [-0.2, 0) is 11.2 Å². The highest BCUT2D eigenvalue weighted by Crippen LogP contribution is 2.24. The Labute approximate surface area is 197 Å². The van der Waals surface area contributed by atoms with E-state index in [1.54, 1.807) is 30.6 Å². The van der Waals surface area contributed by atoms with Gasteiger partial charge in [-0.3, -0.25) is 14.6 Å². The molecular formula is C25H24ClN5O2. The Morgan fingerprint density at radius 2 is 2.03 bits per heavy atom. The summed E-state index contributed by atoms with van der Waals surface area (Å²) in [4.78, 5) is 29.6. The number of aromatic nitrogens is 1. The molecule has 0 atom stereocenters. The second-order valence-corrected chi connectivity index (χ2v) is 8.20. The van der Waals surface area contributed by atoms with Gasteiger partial charge < -0.3 is 21.7 Å². The monoisotopic (exact) mass is 461 g/mol. The molecule has 0 spiro atoms. The largest absolute Gasteiger partial charge is 0.397 e. The van der Waals surface area contributed by atoms with Crippen molar-refractivity contribution in [2.24, 2.45) is 0 Å². The van der Waals surface area contributed by atoms with E-state index in [4.69, 9.17) is 17.3 Å². The molecule has 0 bridgehead atoms. The quantitative estimate of drug-likeness (QED) is 0.414. The zero-order valence-electron chi connectivity index (χ0n) is 18.1. The third kappa shape index (κ3) is 5.15. The predicted molar refractivity (Wildman–Crippen MR) is 132 cm³/mol. The third-order valence-electron chi connectivity index (χ3n) is 5.51. The maximum absolute atomic E-state index is 12.8. The Morgan fingerprint density at radius 3 is 2.88 bits per heavy atom. The molecule has 8 heteroatoms. The smallest absolute Gasteiger partial charge is 0.253 e. The van der Waals surface area contributed by atoms with Crippen molar-refractivity contribution < 1.29 is 9.59 Å². The first-order valence-corrected chi connectivity index (χ1v) is 10.9. The molecule has 0 aliphatic carbocycles. The molecule has 168 valence electrons. The fourth-order valence-electron chi connectivity index (χ4n) is 3.57. The minimum atomic E-state index is -0.232. The van der Waals surface area contributed by atoms with Crippen LogP contribution >= 0.6 is 11.6 Å². The lowest BCUT2D eigenvalue weighted by atomic mass is 10.0. The molecule has 1 aliphatic heterocycles. The number of carbonyl (C=O) groups excluding carboxylic acids is 2. The molecule has 5 N–H and O–H groups in total. The summed E-state index contributed by atoms with van der Waals surface area (Å²) < 4.78 is 0. The summed E-state index contributed by atoms with van der Waals surface area (Å²) in [5.74, 6) is -0.459. The molecular weight excluding hydrogens is 438 g/mol. The van der Waals surface area contributed by atoms with Gasteiger partial charge in [-0.25, -0.2) is 0 Å². The van der Waals surface area contributed by atoms with E-state index in [9.17, 15) is 9.59 Å². The highest BCUT2D eigenvalue weighted by molar-refractivity contribution is 6.33. The van der Waals surface area contributed by atoms with Crippen LogP contribution in [0.25, 0.3) is 6.08 Å². The molecule has 2 amide bonds. The minimum Gasteiger partial charge on any atom is -0.397 e. The highest BCUT2D eigenvalue weighted by Gasteiger charge is 2.17. The molecule has 0 fully saturated rings. The first-order chi connectivity index (χ1) is 15.9. The molecule has 1 aliphatic rings. The molecule has 3 aromatic rings. The number of hydrogen-bond acceptors (Lipinski definition) is 5. The topological polar surface area (TPSA) is 109 Å². The van der Waals surface area contributed by atoms with Gasteiger partial charge >= 0.3 is 0 Å². The normalized spacial score (nSPS) is 12.2. The summed E-state index contributed by atoms with van der Waals surface area (Å²) in [7, 11) is 0. The SMILES string of the molecule is Cc1ccc(C(=O)NCCc2cccc(Cl)c2N)cc1NC(=O)C1=Cc2cnccc2NC1. The van der Waals surface area contributed by atoms with Crippen molar-refractivity contribution >= 4 is 46.6 Å². The Bertz CT molecular complexity index is 1260. The first kappa shape index (κ1) is 22.4. The second-order valence-electron chi connectivity index (χ2n) is 7.79. The Hall–Kier alpha value is -3.84. The van der Waals surface area contributed by atoms with E-state index in [2.05, 4.69) is 20.9 Å². The van der Waals surface area contributed by atoms with Crippen LogP contribution in [0.1, 0.15) is 27.0 Å². The van der Waals surface area contributed by atoms with Gasteiger partial charge in [-0.1, -0.05) is 29.8 Å². The van der Waals surface area contributed by atoms with E-state index in [1.807, 2.05) is 37.3 Å². The van der Waals surface area contributed by atoms with Crippen LogP contribution in [0.3, 0.4) is 0 Å². The Kier molecular flexibility index (Phi) is 6.60. The molecule has 2 heterocycles. The molecule has 0 unspecified atom stereocenters. The summed E-state index contributed by atoms with van der Waals surface area (Å²) in [5.41, 5.74) is 11.7. The van der Waals surface area contributed by atoms with E-state index < -0.39 is 0 Å². The third-order valence-corrected chi connectivity index (χ3v) is 5.84. The van der Waals surface area contributed by atoms with Crippen molar-refractivity contribution in [3.8, 4) is 0 Å². The van der Waals surface area contributed by atoms with Gasteiger partial charge in [0.1, 0.15) is 0 Å². The Balaban J connectivity index is 1.41. The number of fused-ring (bicyclic) bond motifs is 1. The summed E-state index contributed by atoms with van der Waals surface area (Å²) in [6.07, 6.45) is 5.79. The van der Waals surface area contributed by atoms with Crippen LogP contribution in [0.4, 0.5) is 17.1 Å².